The van der Waals surface area contributed by atoms with Crippen LogP contribution in [-0.4, -0.2) is 65.1 Å². The summed E-state index contributed by atoms with van der Waals surface area (Å²) < 4.78 is 41.7. The van der Waals surface area contributed by atoms with Crippen LogP contribution in [0.2, 0.25) is 5.02 Å². The maximum absolute atomic E-state index is 15.5. The lowest BCUT2D eigenvalue weighted by molar-refractivity contribution is -0.153. The lowest BCUT2D eigenvalue weighted by atomic mass is 9.98. The van der Waals surface area contributed by atoms with Crippen molar-refractivity contribution in [3.05, 3.63) is 94.5 Å². The Kier molecular flexibility index (Phi) is 8.59. The van der Waals surface area contributed by atoms with E-state index in [0.717, 1.165) is 27.2 Å². The molecule has 0 aromatic heterocycles. The van der Waals surface area contributed by atoms with Crippen molar-refractivity contribution >= 4 is 29.7 Å². The van der Waals surface area contributed by atoms with Crippen LogP contribution in [0.25, 0.3) is 11.1 Å². The van der Waals surface area contributed by atoms with Crippen LogP contribution in [-0.2, 0) is 20.8 Å². The summed E-state index contributed by atoms with van der Waals surface area (Å²) in [7, 11) is 0. The van der Waals surface area contributed by atoms with Gasteiger partial charge in [0.05, 0.1) is 19.1 Å². The highest BCUT2D eigenvalue weighted by Crippen LogP contribution is 2.44. The molecule has 0 bridgehead atoms. The Bertz CT molecular complexity index is 1490. The first-order valence-electron chi connectivity index (χ1n) is 13.9. The number of rotatable bonds is 6. The summed E-state index contributed by atoms with van der Waals surface area (Å²) in [4.78, 5) is 40.2. The lowest BCUT2D eigenvalue weighted by Crippen LogP contribution is -2.56. The van der Waals surface area contributed by atoms with E-state index in [0.29, 0.717) is 10.6 Å². The summed E-state index contributed by atoms with van der Waals surface area (Å²) >= 11 is 5.99. The molecule has 1 fully saturated rings. The number of carbonyl (C=O) groups excluding carboxylic acids is 3. The number of likely N-dealkylation sites (tertiary alicyclic amines) is 1. The molecule has 5 rings (SSSR count). The van der Waals surface area contributed by atoms with Crippen molar-refractivity contribution in [1.29, 1.82) is 0 Å². The fourth-order valence-electron chi connectivity index (χ4n) is 5.56. The van der Waals surface area contributed by atoms with Crippen LogP contribution in [0.1, 0.15) is 43.4 Å². The number of nitrogens with one attached hydrogen (secondary N) is 1. The molecule has 3 atom stereocenters. The minimum absolute atomic E-state index is 0.0536. The zero-order valence-electron chi connectivity index (χ0n) is 23.9. The number of carbonyl (C=O) groups is 3. The molecule has 0 saturated carbocycles. The normalized spacial score (nSPS) is 19.4. The number of halogens is 3. The predicted octanol–water partition coefficient (Wildman–Crippen LogP) is 6.42. The SMILES string of the molecule is CC(C)(C)OC(=O)N1C[C@H](F)[C@@H](NC(=O)OCC2c3ccccc3-c3ccccc32)[C@H]1C(=O)N(F)Cc1cccc(Cl)c1. The summed E-state index contributed by atoms with van der Waals surface area (Å²) in [6.07, 6.45) is -3.92. The van der Waals surface area contributed by atoms with E-state index in [1.54, 1.807) is 39.0 Å². The first-order chi connectivity index (χ1) is 20.4. The highest BCUT2D eigenvalue weighted by molar-refractivity contribution is 6.30. The Morgan fingerprint density at radius 3 is 2.23 bits per heavy atom. The summed E-state index contributed by atoms with van der Waals surface area (Å²) in [6, 6.07) is 18.5. The molecule has 8 nitrogen and oxygen atoms in total. The molecule has 226 valence electrons. The van der Waals surface area contributed by atoms with Gasteiger partial charge in [0.25, 0.3) is 5.91 Å². The highest BCUT2D eigenvalue weighted by atomic mass is 35.5. The number of alkyl carbamates (subject to hydrolysis) is 1. The van der Waals surface area contributed by atoms with Gasteiger partial charge in [0.2, 0.25) is 0 Å². The number of alkyl halides is 1. The molecule has 11 heteroatoms. The third kappa shape index (κ3) is 6.59. The van der Waals surface area contributed by atoms with Crippen molar-refractivity contribution < 1.29 is 32.7 Å². The van der Waals surface area contributed by atoms with Crippen LogP contribution in [0, 0.1) is 0 Å². The molecule has 3 aromatic rings. The standard InChI is InChI=1S/C32H32ClF2N3O5/c1-32(2,3)43-31(41)37-17-26(34)27(28(37)29(39)38(35)16-19-9-8-10-20(33)15-19)36-30(40)42-18-25-23-13-6-4-11-21(23)22-12-5-7-14-24(22)25/h4-15,25-28H,16-18H2,1-3H3,(H,36,40)/t26-,27+,28-/m0/s1. The fraction of sp³-hybridized carbons (Fsp3) is 0.344. The topological polar surface area (TPSA) is 88.2 Å². The van der Waals surface area contributed by atoms with Gasteiger partial charge >= 0.3 is 12.2 Å². The second-order valence-corrected chi connectivity index (χ2v) is 12.0. The zero-order valence-corrected chi connectivity index (χ0v) is 24.7. The molecule has 1 aliphatic carbocycles. The van der Waals surface area contributed by atoms with Crippen LogP contribution in [0.15, 0.2) is 72.8 Å². The van der Waals surface area contributed by atoms with Gasteiger partial charge in [-0.1, -0.05) is 76.7 Å². The lowest BCUT2D eigenvalue weighted by Gasteiger charge is -2.30. The Labute approximate surface area is 253 Å². The molecule has 1 saturated heterocycles. The second kappa shape index (κ2) is 12.2. The molecule has 3 aromatic carbocycles. The second-order valence-electron chi connectivity index (χ2n) is 11.6. The minimum Gasteiger partial charge on any atom is -0.449 e. The monoisotopic (exact) mass is 611 g/mol. The molecule has 1 aliphatic heterocycles. The van der Waals surface area contributed by atoms with Gasteiger partial charge < -0.3 is 14.8 Å². The van der Waals surface area contributed by atoms with E-state index in [1.165, 1.54) is 6.07 Å². The van der Waals surface area contributed by atoms with Crippen molar-refractivity contribution in [3.63, 3.8) is 0 Å². The third-order valence-corrected chi connectivity index (χ3v) is 7.63. The first kappa shape index (κ1) is 30.3. The molecule has 1 N–H and O–H groups in total. The van der Waals surface area contributed by atoms with Gasteiger partial charge in [-0.05, 0) is 60.7 Å². The largest absolute Gasteiger partial charge is 0.449 e. The smallest absolute Gasteiger partial charge is 0.411 e. The van der Waals surface area contributed by atoms with Crippen LogP contribution < -0.4 is 5.32 Å². The summed E-state index contributed by atoms with van der Waals surface area (Å²) in [5, 5.41) is 2.60. The van der Waals surface area contributed by atoms with Crippen LogP contribution in [0.3, 0.4) is 0 Å². The zero-order chi connectivity index (χ0) is 30.9. The Morgan fingerprint density at radius 1 is 1.00 bits per heavy atom. The van der Waals surface area contributed by atoms with E-state index in [9.17, 15) is 14.4 Å². The molecule has 1 heterocycles. The maximum atomic E-state index is 15.5. The number of amides is 3. The van der Waals surface area contributed by atoms with Gasteiger partial charge in [-0.15, -0.1) is 0 Å². The van der Waals surface area contributed by atoms with Crippen LogP contribution >= 0.6 is 11.6 Å². The van der Waals surface area contributed by atoms with E-state index in [-0.39, 0.29) is 17.6 Å². The average Bonchev–Trinajstić information content (AvgIpc) is 3.45. The number of nitrogens with zero attached hydrogens (tertiary/aromatic N) is 2. The maximum Gasteiger partial charge on any atom is 0.411 e. The van der Waals surface area contributed by atoms with Gasteiger partial charge in [-0.3, -0.25) is 9.69 Å². The molecular formula is C32H32ClF2N3O5. The molecular weight excluding hydrogens is 580 g/mol. The molecule has 43 heavy (non-hydrogen) atoms. The Balaban J connectivity index is 1.33. The van der Waals surface area contributed by atoms with E-state index in [1.807, 2.05) is 48.5 Å². The number of hydrogen-bond donors (Lipinski definition) is 1. The van der Waals surface area contributed by atoms with Crippen molar-refractivity contribution in [2.45, 2.75) is 57.1 Å². The van der Waals surface area contributed by atoms with Gasteiger partial charge in [0, 0.05) is 10.9 Å². The average molecular weight is 612 g/mol. The van der Waals surface area contributed by atoms with Crippen molar-refractivity contribution in [3.8, 4) is 11.1 Å². The summed E-state index contributed by atoms with van der Waals surface area (Å²) in [6.45, 7) is 3.67. The number of fused-ring (bicyclic) bond motifs is 3. The predicted molar refractivity (Wildman–Crippen MR) is 157 cm³/mol. The number of benzene rings is 3. The molecule has 0 unspecified atom stereocenters. The summed E-state index contributed by atoms with van der Waals surface area (Å²) in [5.41, 5.74) is 3.45. The Hall–Kier alpha value is -4.18. The third-order valence-electron chi connectivity index (χ3n) is 7.40. The summed E-state index contributed by atoms with van der Waals surface area (Å²) in [5.74, 6) is -1.48. The molecule has 2 aliphatic rings. The van der Waals surface area contributed by atoms with Crippen LogP contribution in [0.4, 0.5) is 18.5 Å². The van der Waals surface area contributed by atoms with Gasteiger partial charge in [0.1, 0.15) is 24.4 Å². The van der Waals surface area contributed by atoms with Gasteiger partial charge in [-0.25, -0.2) is 14.0 Å². The fourth-order valence-corrected chi connectivity index (χ4v) is 5.78. The van der Waals surface area contributed by atoms with E-state index >= 15 is 8.87 Å². The van der Waals surface area contributed by atoms with Gasteiger partial charge in [0.15, 0.2) is 0 Å². The van der Waals surface area contributed by atoms with Crippen molar-refractivity contribution in [2.24, 2.45) is 0 Å². The minimum atomic E-state index is -1.90. The molecule has 3 amide bonds. The molecule has 0 spiro atoms. The quantitative estimate of drug-likeness (QED) is 0.325. The number of hydrogen-bond acceptors (Lipinski definition) is 5. The van der Waals surface area contributed by atoms with E-state index in [2.05, 4.69) is 5.32 Å². The number of ether oxygens (including phenoxy) is 2. The molecule has 0 radical (unpaired) electrons. The first-order valence-corrected chi connectivity index (χ1v) is 14.3. The van der Waals surface area contributed by atoms with Crippen molar-refractivity contribution in [2.75, 3.05) is 13.2 Å². The van der Waals surface area contributed by atoms with Gasteiger partial charge in [-0.2, -0.15) is 5.12 Å². The van der Waals surface area contributed by atoms with Crippen molar-refractivity contribution in [1.82, 2.24) is 15.3 Å². The Morgan fingerprint density at radius 2 is 1.63 bits per heavy atom. The van der Waals surface area contributed by atoms with E-state index < -0.39 is 55.0 Å². The van der Waals surface area contributed by atoms with Crippen LogP contribution in [0.5, 0.6) is 0 Å². The highest BCUT2D eigenvalue weighted by Gasteiger charge is 2.52. The van der Waals surface area contributed by atoms with E-state index in [4.69, 9.17) is 21.1 Å².